The summed E-state index contributed by atoms with van der Waals surface area (Å²) in [6, 6.07) is 1.08. The average Bonchev–Trinajstić information content (AvgIpc) is 2.21. The van der Waals surface area contributed by atoms with Gasteiger partial charge in [0.05, 0.1) is 0 Å². The molecule has 0 rings (SSSR count). The molecule has 0 aliphatic carbocycles. The van der Waals surface area contributed by atoms with Gasteiger partial charge in [-0.1, -0.05) is 20.3 Å². The van der Waals surface area contributed by atoms with Gasteiger partial charge in [-0.3, -0.25) is 0 Å². The minimum Gasteiger partial charge on any atom is -0.328 e. The van der Waals surface area contributed by atoms with Crippen molar-refractivity contribution in [2.75, 3.05) is 13.1 Å². The lowest BCUT2D eigenvalue weighted by molar-refractivity contribution is 0.196. The molecular weight excluding hydrogens is 184 g/mol. The molecule has 0 spiro atoms. The molecule has 2 atom stereocenters. The van der Waals surface area contributed by atoms with Crippen molar-refractivity contribution in [3.8, 4) is 0 Å². The highest BCUT2D eigenvalue weighted by Gasteiger charge is 2.10. The van der Waals surface area contributed by atoms with E-state index in [4.69, 9.17) is 5.73 Å². The Bertz CT molecular complexity index is 134. The third-order valence-electron chi connectivity index (χ3n) is 3.12. The van der Waals surface area contributed by atoms with Crippen molar-refractivity contribution in [2.45, 2.75) is 71.9 Å². The molecule has 2 nitrogen and oxygen atoms in total. The van der Waals surface area contributed by atoms with Crippen LogP contribution in [0.5, 0.6) is 0 Å². The summed E-state index contributed by atoms with van der Waals surface area (Å²) in [4.78, 5) is 2.62. The zero-order chi connectivity index (χ0) is 11.7. The summed E-state index contributed by atoms with van der Waals surface area (Å²) in [5.74, 6) is 0. The van der Waals surface area contributed by atoms with E-state index in [0.29, 0.717) is 6.04 Å². The highest BCUT2D eigenvalue weighted by molar-refractivity contribution is 4.67. The fourth-order valence-electron chi connectivity index (χ4n) is 1.79. The van der Waals surface area contributed by atoms with E-state index in [1.165, 1.54) is 38.8 Å². The first-order chi connectivity index (χ1) is 7.11. The quantitative estimate of drug-likeness (QED) is 0.639. The van der Waals surface area contributed by atoms with Crippen LogP contribution in [0.25, 0.3) is 0 Å². The number of nitrogens with zero attached hydrogens (tertiary/aromatic N) is 1. The van der Waals surface area contributed by atoms with Crippen LogP contribution in [0.1, 0.15) is 59.8 Å². The standard InChI is InChI=1S/C13H30N2/c1-5-7-10-15(13(4)6-2)11-8-9-12(3)14/h12-13H,5-11,14H2,1-4H3. The van der Waals surface area contributed by atoms with Crippen molar-refractivity contribution >= 4 is 0 Å². The first-order valence-corrected chi connectivity index (χ1v) is 6.61. The van der Waals surface area contributed by atoms with E-state index in [-0.39, 0.29) is 0 Å². The van der Waals surface area contributed by atoms with E-state index < -0.39 is 0 Å². The highest BCUT2D eigenvalue weighted by Crippen LogP contribution is 2.08. The Labute approximate surface area is 96.2 Å². The van der Waals surface area contributed by atoms with Crippen molar-refractivity contribution in [2.24, 2.45) is 5.73 Å². The van der Waals surface area contributed by atoms with Gasteiger partial charge in [0.2, 0.25) is 0 Å². The predicted molar refractivity (Wildman–Crippen MR) is 69.1 cm³/mol. The fourth-order valence-corrected chi connectivity index (χ4v) is 1.79. The zero-order valence-electron chi connectivity index (χ0n) is 11.1. The first-order valence-electron chi connectivity index (χ1n) is 6.61. The maximum atomic E-state index is 5.77. The number of nitrogens with two attached hydrogens (primary N) is 1. The summed E-state index contributed by atoms with van der Waals surface area (Å²) >= 11 is 0. The maximum Gasteiger partial charge on any atom is 0.00643 e. The third-order valence-corrected chi connectivity index (χ3v) is 3.12. The molecule has 0 radical (unpaired) electrons. The molecule has 92 valence electrons. The smallest absolute Gasteiger partial charge is 0.00643 e. The second kappa shape index (κ2) is 9.17. The summed E-state index contributed by atoms with van der Waals surface area (Å²) in [6.07, 6.45) is 6.26. The number of hydrogen-bond donors (Lipinski definition) is 1. The SMILES string of the molecule is CCCCN(CCCC(C)N)C(C)CC. The molecule has 2 unspecified atom stereocenters. The predicted octanol–water partition coefficient (Wildman–Crippen LogP) is 3.01. The van der Waals surface area contributed by atoms with E-state index in [9.17, 15) is 0 Å². The summed E-state index contributed by atoms with van der Waals surface area (Å²) in [5.41, 5.74) is 5.77. The van der Waals surface area contributed by atoms with Crippen molar-refractivity contribution in [1.29, 1.82) is 0 Å². The van der Waals surface area contributed by atoms with Gasteiger partial charge in [0, 0.05) is 12.1 Å². The molecule has 0 aliphatic rings. The largest absolute Gasteiger partial charge is 0.328 e. The Morgan fingerprint density at radius 2 is 1.67 bits per heavy atom. The second-order valence-electron chi connectivity index (χ2n) is 4.77. The summed E-state index contributed by atoms with van der Waals surface area (Å²) < 4.78 is 0. The van der Waals surface area contributed by atoms with Gasteiger partial charge < -0.3 is 10.6 Å². The van der Waals surface area contributed by atoms with Crippen molar-refractivity contribution in [3.63, 3.8) is 0 Å². The molecule has 0 bridgehead atoms. The summed E-state index contributed by atoms with van der Waals surface area (Å²) in [7, 11) is 0. The van der Waals surface area contributed by atoms with Crippen LogP contribution in [0.15, 0.2) is 0 Å². The molecule has 0 amide bonds. The monoisotopic (exact) mass is 214 g/mol. The Balaban J connectivity index is 3.79. The van der Waals surface area contributed by atoms with Crippen LogP contribution >= 0.6 is 0 Å². The van der Waals surface area contributed by atoms with Crippen LogP contribution < -0.4 is 5.73 Å². The molecule has 0 saturated heterocycles. The van der Waals surface area contributed by atoms with Crippen LogP contribution in [0, 0.1) is 0 Å². The van der Waals surface area contributed by atoms with Gasteiger partial charge in [0.1, 0.15) is 0 Å². The molecule has 0 fully saturated rings. The number of hydrogen-bond acceptors (Lipinski definition) is 2. The van der Waals surface area contributed by atoms with Gasteiger partial charge in [-0.15, -0.1) is 0 Å². The molecular formula is C13H30N2. The zero-order valence-corrected chi connectivity index (χ0v) is 11.1. The lowest BCUT2D eigenvalue weighted by atomic mass is 10.1. The molecule has 0 aromatic heterocycles. The van der Waals surface area contributed by atoms with Crippen molar-refractivity contribution in [1.82, 2.24) is 4.90 Å². The molecule has 2 heteroatoms. The maximum absolute atomic E-state index is 5.77. The average molecular weight is 214 g/mol. The second-order valence-corrected chi connectivity index (χ2v) is 4.77. The van der Waals surface area contributed by atoms with E-state index in [1.54, 1.807) is 0 Å². The Kier molecular flexibility index (Phi) is 9.12. The van der Waals surface area contributed by atoms with Gasteiger partial charge in [-0.05, 0) is 52.6 Å². The number of rotatable bonds is 9. The van der Waals surface area contributed by atoms with Crippen molar-refractivity contribution < 1.29 is 0 Å². The fraction of sp³-hybridized carbons (Fsp3) is 1.00. The first kappa shape index (κ1) is 14.9. The van der Waals surface area contributed by atoms with Crippen LogP contribution in [0.3, 0.4) is 0 Å². The van der Waals surface area contributed by atoms with Gasteiger partial charge in [0.15, 0.2) is 0 Å². The summed E-state index contributed by atoms with van der Waals surface area (Å²) in [5, 5.41) is 0. The van der Waals surface area contributed by atoms with Crippen LogP contribution in [0.2, 0.25) is 0 Å². The Morgan fingerprint density at radius 3 is 2.13 bits per heavy atom. The molecule has 0 aromatic carbocycles. The van der Waals surface area contributed by atoms with Gasteiger partial charge in [0.25, 0.3) is 0 Å². The normalized spacial score (nSPS) is 15.6. The lowest BCUT2D eigenvalue weighted by Crippen LogP contribution is -2.35. The van der Waals surface area contributed by atoms with E-state index in [2.05, 4.69) is 32.6 Å². The molecule has 0 aromatic rings. The lowest BCUT2D eigenvalue weighted by Gasteiger charge is -2.28. The van der Waals surface area contributed by atoms with E-state index >= 15 is 0 Å². The van der Waals surface area contributed by atoms with Gasteiger partial charge >= 0.3 is 0 Å². The van der Waals surface area contributed by atoms with Gasteiger partial charge in [-0.2, -0.15) is 0 Å². The molecule has 15 heavy (non-hydrogen) atoms. The molecule has 0 saturated carbocycles. The van der Waals surface area contributed by atoms with Crippen molar-refractivity contribution in [3.05, 3.63) is 0 Å². The Morgan fingerprint density at radius 1 is 1.07 bits per heavy atom. The van der Waals surface area contributed by atoms with Crippen LogP contribution in [-0.2, 0) is 0 Å². The minimum absolute atomic E-state index is 0.356. The molecule has 2 N–H and O–H groups in total. The minimum atomic E-state index is 0.356. The highest BCUT2D eigenvalue weighted by atomic mass is 15.1. The molecule has 0 heterocycles. The Hall–Kier alpha value is -0.0800. The van der Waals surface area contributed by atoms with E-state index in [0.717, 1.165) is 12.5 Å². The van der Waals surface area contributed by atoms with E-state index in [1.807, 2.05) is 0 Å². The third kappa shape index (κ3) is 7.80. The topological polar surface area (TPSA) is 29.3 Å². The van der Waals surface area contributed by atoms with Gasteiger partial charge in [-0.25, -0.2) is 0 Å². The molecule has 0 aliphatic heterocycles. The summed E-state index contributed by atoms with van der Waals surface area (Å²) in [6.45, 7) is 11.4. The number of unbranched alkanes of at least 4 members (excludes halogenated alkanes) is 1. The van der Waals surface area contributed by atoms with Crippen LogP contribution in [-0.4, -0.2) is 30.1 Å². The van der Waals surface area contributed by atoms with Crippen LogP contribution in [0.4, 0.5) is 0 Å².